The third kappa shape index (κ3) is 4.62. The summed E-state index contributed by atoms with van der Waals surface area (Å²) in [4.78, 5) is 19.1. The minimum absolute atomic E-state index is 0.0236. The molecule has 26 heavy (non-hydrogen) atoms. The number of carbonyl (C=O) groups excluding carboxylic acids is 1. The number of carbonyl (C=O) groups is 1. The third-order valence-electron chi connectivity index (χ3n) is 4.59. The van der Waals surface area contributed by atoms with Gasteiger partial charge in [0.25, 0.3) is 0 Å². The lowest BCUT2D eigenvalue weighted by Crippen LogP contribution is -2.48. The van der Waals surface area contributed by atoms with Crippen LogP contribution >= 0.6 is 11.6 Å². The Hall–Kier alpha value is -1.92. The Labute approximate surface area is 158 Å². The highest BCUT2D eigenvalue weighted by Gasteiger charge is 2.28. The molecule has 7 heteroatoms. The topological polar surface area (TPSA) is 71.3 Å². The van der Waals surface area contributed by atoms with Crippen molar-refractivity contribution in [2.24, 2.45) is 0 Å². The second kappa shape index (κ2) is 9.14. The van der Waals surface area contributed by atoms with E-state index in [0.717, 1.165) is 37.3 Å². The Balaban J connectivity index is 1.57. The first-order valence-corrected chi connectivity index (χ1v) is 9.63. The first kappa shape index (κ1) is 18.9. The van der Waals surface area contributed by atoms with Crippen LogP contribution in [0, 0.1) is 0 Å². The average Bonchev–Trinajstić information content (AvgIpc) is 3.10. The molecule has 1 amide bonds. The fourth-order valence-electron chi connectivity index (χ4n) is 3.28. The van der Waals surface area contributed by atoms with Gasteiger partial charge in [0.2, 0.25) is 11.8 Å². The second-order valence-electron chi connectivity index (χ2n) is 6.54. The summed E-state index contributed by atoms with van der Waals surface area (Å²) in [5, 5.41) is 8.01. The molecule has 0 bridgehead atoms. The summed E-state index contributed by atoms with van der Waals surface area (Å²) in [5.41, 5.74) is 0.996. The van der Waals surface area contributed by atoms with Crippen LogP contribution in [0.1, 0.15) is 49.5 Å². The predicted molar refractivity (Wildman–Crippen MR) is 100 cm³/mol. The maximum absolute atomic E-state index is 12.8. The smallest absolute Gasteiger partial charge is 0.226 e. The Kier molecular flexibility index (Phi) is 6.63. The lowest BCUT2D eigenvalue weighted by atomic mass is 10.0. The lowest BCUT2D eigenvalue weighted by molar-refractivity contribution is -0.134. The number of benzene rings is 1. The molecule has 1 saturated heterocycles. The highest BCUT2D eigenvalue weighted by Crippen LogP contribution is 2.29. The van der Waals surface area contributed by atoms with Crippen LogP contribution in [-0.4, -0.2) is 40.6 Å². The molecule has 1 aromatic heterocycles. The fourth-order valence-corrected chi connectivity index (χ4v) is 3.54. The number of rotatable bonds is 7. The van der Waals surface area contributed by atoms with Crippen LogP contribution in [0.4, 0.5) is 0 Å². The van der Waals surface area contributed by atoms with Gasteiger partial charge in [-0.25, -0.2) is 0 Å². The quantitative estimate of drug-likeness (QED) is 0.803. The predicted octanol–water partition coefficient (Wildman–Crippen LogP) is 3.17. The van der Waals surface area contributed by atoms with E-state index in [-0.39, 0.29) is 11.9 Å². The summed E-state index contributed by atoms with van der Waals surface area (Å²) >= 11 is 6.35. The molecule has 2 heterocycles. The number of piperazine rings is 1. The number of hydrogen-bond acceptors (Lipinski definition) is 5. The van der Waals surface area contributed by atoms with E-state index in [9.17, 15) is 4.79 Å². The van der Waals surface area contributed by atoms with Gasteiger partial charge in [-0.15, -0.1) is 0 Å². The Morgan fingerprint density at radius 2 is 2.23 bits per heavy atom. The van der Waals surface area contributed by atoms with Gasteiger partial charge in [-0.3, -0.25) is 4.79 Å². The van der Waals surface area contributed by atoms with Crippen LogP contribution in [0.2, 0.25) is 5.02 Å². The molecule has 2 aromatic rings. The van der Waals surface area contributed by atoms with Gasteiger partial charge in [0.05, 0.1) is 6.04 Å². The average molecular weight is 377 g/mol. The molecular weight excluding hydrogens is 352 g/mol. The number of hydrogen-bond donors (Lipinski definition) is 1. The number of aryl methyl sites for hydroxylation is 2. The van der Waals surface area contributed by atoms with Gasteiger partial charge in [0, 0.05) is 43.9 Å². The largest absolute Gasteiger partial charge is 0.339 e. The maximum atomic E-state index is 12.8. The molecule has 1 N–H and O–H groups in total. The zero-order valence-corrected chi connectivity index (χ0v) is 15.8. The van der Waals surface area contributed by atoms with Crippen molar-refractivity contribution in [3.05, 3.63) is 46.6 Å². The van der Waals surface area contributed by atoms with Crippen molar-refractivity contribution in [2.75, 3.05) is 19.6 Å². The SMILES string of the molecule is CCCc1noc(CCCC(=O)N2CCNCC2c2ccccc2Cl)n1. The van der Waals surface area contributed by atoms with E-state index in [0.29, 0.717) is 36.7 Å². The zero-order valence-electron chi connectivity index (χ0n) is 15.1. The van der Waals surface area contributed by atoms with Gasteiger partial charge in [0.15, 0.2) is 5.82 Å². The molecule has 6 nitrogen and oxygen atoms in total. The maximum Gasteiger partial charge on any atom is 0.226 e. The van der Waals surface area contributed by atoms with E-state index in [1.54, 1.807) is 0 Å². The van der Waals surface area contributed by atoms with Crippen LogP contribution < -0.4 is 5.32 Å². The van der Waals surface area contributed by atoms with Crippen molar-refractivity contribution < 1.29 is 9.32 Å². The number of nitrogens with zero attached hydrogens (tertiary/aromatic N) is 3. The van der Waals surface area contributed by atoms with Gasteiger partial charge in [-0.1, -0.05) is 41.9 Å². The fraction of sp³-hybridized carbons (Fsp3) is 0.526. The number of amides is 1. The first-order chi connectivity index (χ1) is 12.7. The molecule has 0 saturated carbocycles. The molecule has 140 valence electrons. The number of nitrogens with one attached hydrogen (secondary N) is 1. The highest BCUT2D eigenvalue weighted by molar-refractivity contribution is 6.31. The molecule has 0 radical (unpaired) electrons. The van der Waals surface area contributed by atoms with Crippen LogP contribution in [0.15, 0.2) is 28.8 Å². The molecule has 1 aliphatic heterocycles. The second-order valence-corrected chi connectivity index (χ2v) is 6.94. The summed E-state index contributed by atoms with van der Waals surface area (Å²) < 4.78 is 5.24. The molecule has 3 rings (SSSR count). The number of halogens is 1. The van der Waals surface area contributed by atoms with Gasteiger partial charge < -0.3 is 14.7 Å². The minimum Gasteiger partial charge on any atom is -0.339 e. The van der Waals surface area contributed by atoms with E-state index in [1.807, 2.05) is 29.2 Å². The summed E-state index contributed by atoms with van der Waals surface area (Å²) in [6.45, 7) is 4.30. The Morgan fingerprint density at radius 1 is 1.38 bits per heavy atom. The molecule has 0 spiro atoms. The zero-order chi connectivity index (χ0) is 18.4. The monoisotopic (exact) mass is 376 g/mol. The van der Waals surface area contributed by atoms with E-state index < -0.39 is 0 Å². The highest BCUT2D eigenvalue weighted by atomic mass is 35.5. The van der Waals surface area contributed by atoms with Crippen molar-refractivity contribution in [3.63, 3.8) is 0 Å². The first-order valence-electron chi connectivity index (χ1n) is 9.25. The molecule has 1 aliphatic rings. The van der Waals surface area contributed by atoms with Crippen LogP contribution in [-0.2, 0) is 17.6 Å². The molecule has 1 fully saturated rings. The Bertz CT molecular complexity index is 734. The molecular formula is C19H25ClN4O2. The van der Waals surface area contributed by atoms with Gasteiger partial charge >= 0.3 is 0 Å². The van der Waals surface area contributed by atoms with Crippen LogP contribution in [0.25, 0.3) is 0 Å². The molecule has 0 aliphatic carbocycles. The van der Waals surface area contributed by atoms with Crippen molar-refractivity contribution in [1.82, 2.24) is 20.4 Å². The summed E-state index contributed by atoms with van der Waals surface area (Å²) in [6.07, 6.45) is 3.61. The van der Waals surface area contributed by atoms with E-state index >= 15 is 0 Å². The normalized spacial score (nSPS) is 17.5. The Morgan fingerprint density at radius 3 is 3.04 bits per heavy atom. The molecule has 1 atom stereocenters. The minimum atomic E-state index is -0.0236. The van der Waals surface area contributed by atoms with Crippen molar-refractivity contribution >= 4 is 17.5 Å². The van der Waals surface area contributed by atoms with Crippen molar-refractivity contribution in [3.8, 4) is 0 Å². The summed E-state index contributed by atoms with van der Waals surface area (Å²) in [5.74, 6) is 1.50. The van der Waals surface area contributed by atoms with Gasteiger partial charge in [-0.05, 0) is 24.5 Å². The van der Waals surface area contributed by atoms with Crippen molar-refractivity contribution in [1.29, 1.82) is 0 Å². The van der Waals surface area contributed by atoms with E-state index in [2.05, 4.69) is 22.4 Å². The summed E-state index contributed by atoms with van der Waals surface area (Å²) in [7, 11) is 0. The van der Waals surface area contributed by atoms with Crippen LogP contribution in [0.5, 0.6) is 0 Å². The van der Waals surface area contributed by atoms with E-state index in [1.165, 1.54) is 0 Å². The van der Waals surface area contributed by atoms with Gasteiger partial charge in [0.1, 0.15) is 0 Å². The van der Waals surface area contributed by atoms with Crippen LogP contribution in [0.3, 0.4) is 0 Å². The standard InChI is InChI=1S/C19H25ClN4O2/c1-2-6-17-22-18(26-23-17)9-5-10-19(25)24-12-11-21-13-16(24)14-7-3-4-8-15(14)20/h3-4,7-8,16,21H,2,5-6,9-13H2,1H3. The molecule has 1 unspecified atom stereocenters. The summed E-state index contributed by atoms with van der Waals surface area (Å²) in [6, 6.07) is 7.71. The number of aromatic nitrogens is 2. The van der Waals surface area contributed by atoms with Crippen molar-refractivity contribution in [2.45, 2.75) is 45.1 Å². The lowest BCUT2D eigenvalue weighted by Gasteiger charge is -2.37. The van der Waals surface area contributed by atoms with E-state index in [4.69, 9.17) is 16.1 Å². The van der Waals surface area contributed by atoms with Gasteiger partial charge in [-0.2, -0.15) is 4.98 Å². The third-order valence-corrected chi connectivity index (χ3v) is 4.94. The molecule has 1 aromatic carbocycles.